The van der Waals surface area contributed by atoms with Crippen LogP contribution in [-0.2, 0) is 11.2 Å². The maximum absolute atomic E-state index is 11.9. The zero-order valence-corrected chi connectivity index (χ0v) is 12.4. The standard InChI is InChI=1S/C16H23NO3/c1-4-16(2,3)17-15(19)10-20-14-7-5-6-11-12(14)8-9-13(11)18/h5-7,13,18H,4,8-10H2,1-3H3,(H,17,19). The van der Waals surface area contributed by atoms with Crippen LogP contribution in [-0.4, -0.2) is 23.2 Å². The smallest absolute Gasteiger partial charge is 0.258 e. The third-order valence-electron chi connectivity index (χ3n) is 3.92. The molecule has 0 fully saturated rings. The Morgan fingerprint density at radius 3 is 2.95 bits per heavy atom. The number of carbonyl (C=O) groups is 1. The molecule has 1 atom stereocenters. The Bertz CT molecular complexity index is 496. The highest BCUT2D eigenvalue weighted by molar-refractivity contribution is 5.78. The van der Waals surface area contributed by atoms with Gasteiger partial charge in [-0.3, -0.25) is 4.79 Å². The summed E-state index contributed by atoms with van der Waals surface area (Å²) in [5.74, 6) is 0.594. The van der Waals surface area contributed by atoms with Gasteiger partial charge in [0.05, 0.1) is 6.10 Å². The summed E-state index contributed by atoms with van der Waals surface area (Å²) < 4.78 is 5.63. The molecule has 4 heteroatoms. The van der Waals surface area contributed by atoms with Crippen LogP contribution in [0.4, 0.5) is 0 Å². The Morgan fingerprint density at radius 1 is 1.50 bits per heavy atom. The van der Waals surface area contributed by atoms with Gasteiger partial charge in [-0.2, -0.15) is 0 Å². The molecule has 1 amide bonds. The number of aliphatic hydroxyl groups is 1. The number of amides is 1. The van der Waals surface area contributed by atoms with Crippen molar-refractivity contribution < 1.29 is 14.6 Å². The van der Waals surface area contributed by atoms with Crippen LogP contribution < -0.4 is 10.1 Å². The quantitative estimate of drug-likeness (QED) is 0.868. The summed E-state index contributed by atoms with van der Waals surface area (Å²) in [7, 11) is 0. The highest BCUT2D eigenvalue weighted by Gasteiger charge is 2.24. The number of hydrogen-bond donors (Lipinski definition) is 2. The second-order valence-electron chi connectivity index (χ2n) is 5.95. The van der Waals surface area contributed by atoms with E-state index in [1.807, 2.05) is 39.0 Å². The molecule has 20 heavy (non-hydrogen) atoms. The first-order valence-corrected chi connectivity index (χ1v) is 7.16. The molecule has 2 rings (SSSR count). The molecule has 1 unspecified atom stereocenters. The van der Waals surface area contributed by atoms with Crippen LogP contribution in [0.2, 0.25) is 0 Å². The van der Waals surface area contributed by atoms with Gasteiger partial charge in [0.15, 0.2) is 6.61 Å². The van der Waals surface area contributed by atoms with E-state index in [4.69, 9.17) is 4.74 Å². The number of fused-ring (bicyclic) bond motifs is 1. The summed E-state index contributed by atoms with van der Waals surface area (Å²) >= 11 is 0. The van der Waals surface area contributed by atoms with Crippen molar-refractivity contribution in [1.82, 2.24) is 5.32 Å². The molecule has 0 aromatic heterocycles. The van der Waals surface area contributed by atoms with Gasteiger partial charge in [0.2, 0.25) is 0 Å². The van der Waals surface area contributed by atoms with Crippen LogP contribution in [0.25, 0.3) is 0 Å². The van der Waals surface area contributed by atoms with Crippen LogP contribution in [0, 0.1) is 0 Å². The number of ether oxygens (including phenoxy) is 1. The monoisotopic (exact) mass is 277 g/mol. The van der Waals surface area contributed by atoms with E-state index in [0.717, 1.165) is 30.4 Å². The van der Waals surface area contributed by atoms with E-state index in [1.54, 1.807) is 0 Å². The van der Waals surface area contributed by atoms with Gasteiger partial charge in [0, 0.05) is 11.1 Å². The Morgan fingerprint density at radius 2 is 2.25 bits per heavy atom. The predicted molar refractivity (Wildman–Crippen MR) is 77.7 cm³/mol. The van der Waals surface area contributed by atoms with Crippen molar-refractivity contribution in [1.29, 1.82) is 0 Å². The number of carbonyl (C=O) groups excluding carboxylic acids is 1. The molecule has 0 aliphatic heterocycles. The first kappa shape index (κ1) is 14.9. The molecule has 1 aliphatic rings. The van der Waals surface area contributed by atoms with Gasteiger partial charge < -0.3 is 15.2 Å². The molecule has 4 nitrogen and oxygen atoms in total. The normalized spacial score (nSPS) is 17.7. The van der Waals surface area contributed by atoms with E-state index in [2.05, 4.69) is 5.32 Å². The average Bonchev–Trinajstić information content (AvgIpc) is 2.78. The first-order valence-electron chi connectivity index (χ1n) is 7.16. The Kier molecular flexibility index (Phi) is 4.33. The predicted octanol–water partition coefficient (Wildman–Crippen LogP) is 2.35. The minimum Gasteiger partial charge on any atom is -0.483 e. The molecule has 0 radical (unpaired) electrons. The topological polar surface area (TPSA) is 58.6 Å². The van der Waals surface area contributed by atoms with Crippen molar-refractivity contribution in [3.05, 3.63) is 29.3 Å². The lowest BCUT2D eigenvalue weighted by atomic mass is 10.0. The highest BCUT2D eigenvalue weighted by Crippen LogP contribution is 2.36. The zero-order chi connectivity index (χ0) is 14.8. The molecule has 1 aliphatic carbocycles. The van der Waals surface area contributed by atoms with Crippen molar-refractivity contribution in [3.8, 4) is 5.75 Å². The van der Waals surface area contributed by atoms with Crippen LogP contribution >= 0.6 is 0 Å². The van der Waals surface area contributed by atoms with Gasteiger partial charge in [-0.1, -0.05) is 19.1 Å². The average molecular weight is 277 g/mol. The van der Waals surface area contributed by atoms with Crippen molar-refractivity contribution in [2.75, 3.05) is 6.61 Å². The lowest BCUT2D eigenvalue weighted by Gasteiger charge is -2.24. The Labute approximate surface area is 120 Å². The van der Waals surface area contributed by atoms with E-state index in [9.17, 15) is 9.90 Å². The molecule has 0 saturated carbocycles. The van der Waals surface area contributed by atoms with E-state index < -0.39 is 6.10 Å². The van der Waals surface area contributed by atoms with E-state index >= 15 is 0 Å². The number of nitrogens with one attached hydrogen (secondary N) is 1. The summed E-state index contributed by atoms with van der Waals surface area (Å²) in [6.45, 7) is 6.02. The second-order valence-corrected chi connectivity index (χ2v) is 5.95. The van der Waals surface area contributed by atoms with Crippen LogP contribution in [0.3, 0.4) is 0 Å². The fourth-order valence-electron chi connectivity index (χ4n) is 2.38. The van der Waals surface area contributed by atoms with Gasteiger partial charge >= 0.3 is 0 Å². The van der Waals surface area contributed by atoms with Crippen LogP contribution in [0.5, 0.6) is 5.75 Å². The maximum atomic E-state index is 11.9. The fraction of sp³-hybridized carbons (Fsp3) is 0.562. The van der Waals surface area contributed by atoms with Crippen molar-refractivity contribution in [2.24, 2.45) is 0 Å². The first-order chi connectivity index (χ1) is 9.43. The van der Waals surface area contributed by atoms with E-state index in [0.29, 0.717) is 5.75 Å². The third kappa shape index (κ3) is 3.31. The van der Waals surface area contributed by atoms with E-state index in [-0.39, 0.29) is 18.1 Å². The summed E-state index contributed by atoms with van der Waals surface area (Å²) in [6.07, 6.45) is 1.99. The van der Waals surface area contributed by atoms with E-state index in [1.165, 1.54) is 0 Å². The van der Waals surface area contributed by atoms with Gasteiger partial charge in [-0.25, -0.2) is 0 Å². The van der Waals surface area contributed by atoms with Crippen molar-refractivity contribution in [3.63, 3.8) is 0 Å². The Balaban J connectivity index is 1.97. The highest BCUT2D eigenvalue weighted by atomic mass is 16.5. The number of benzene rings is 1. The summed E-state index contributed by atoms with van der Waals surface area (Å²) in [6, 6.07) is 5.63. The van der Waals surface area contributed by atoms with Crippen molar-refractivity contribution >= 4 is 5.91 Å². The van der Waals surface area contributed by atoms with Gasteiger partial charge in [-0.15, -0.1) is 0 Å². The summed E-state index contributed by atoms with van der Waals surface area (Å²) in [5.41, 5.74) is 1.74. The number of hydrogen-bond acceptors (Lipinski definition) is 3. The molecule has 0 bridgehead atoms. The summed E-state index contributed by atoms with van der Waals surface area (Å²) in [5, 5.41) is 12.8. The maximum Gasteiger partial charge on any atom is 0.258 e. The molecule has 2 N–H and O–H groups in total. The minimum absolute atomic E-state index is 0.00990. The lowest BCUT2D eigenvalue weighted by molar-refractivity contribution is -0.124. The lowest BCUT2D eigenvalue weighted by Crippen LogP contribution is -2.44. The summed E-state index contributed by atoms with van der Waals surface area (Å²) in [4.78, 5) is 11.9. The molecule has 0 spiro atoms. The molecular formula is C16H23NO3. The van der Waals surface area contributed by atoms with Gasteiger partial charge in [0.25, 0.3) is 5.91 Å². The van der Waals surface area contributed by atoms with Crippen molar-refractivity contribution in [2.45, 2.75) is 51.7 Å². The van der Waals surface area contributed by atoms with Gasteiger partial charge in [-0.05, 0) is 44.7 Å². The number of rotatable bonds is 5. The molecule has 1 aromatic rings. The number of aliphatic hydroxyl groups excluding tert-OH is 1. The molecule has 0 heterocycles. The molecule has 0 saturated heterocycles. The third-order valence-corrected chi connectivity index (χ3v) is 3.92. The van der Waals surface area contributed by atoms with Crippen LogP contribution in [0.1, 0.15) is 50.8 Å². The van der Waals surface area contributed by atoms with Gasteiger partial charge in [0.1, 0.15) is 5.75 Å². The fourth-order valence-corrected chi connectivity index (χ4v) is 2.38. The zero-order valence-electron chi connectivity index (χ0n) is 12.4. The second kappa shape index (κ2) is 5.83. The van der Waals surface area contributed by atoms with Crippen LogP contribution in [0.15, 0.2) is 18.2 Å². The minimum atomic E-state index is -0.401. The molecule has 110 valence electrons. The molecular weight excluding hydrogens is 254 g/mol. The largest absolute Gasteiger partial charge is 0.483 e. The molecule has 1 aromatic carbocycles. The SMILES string of the molecule is CCC(C)(C)NC(=O)COc1cccc2c1CCC2O. The Hall–Kier alpha value is -1.55.